The Labute approximate surface area is 146 Å². The second-order valence-electron chi connectivity index (χ2n) is 6.13. The van der Waals surface area contributed by atoms with E-state index in [0.717, 1.165) is 16.8 Å². The van der Waals surface area contributed by atoms with E-state index in [0.29, 0.717) is 10.6 Å². The number of aliphatic hydroxyl groups excluding tert-OH is 1. The van der Waals surface area contributed by atoms with E-state index < -0.39 is 41.6 Å². The molecule has 2 atom stereocenters. The first kappa shape index (κ1) is 17.9. The van der Waals surface area contributed by atoms with Crippen LogP contribution < -0.4 is 11.2 Å². The molecule has 3 rings (SSSR count). The second-order valence-corrected chi connectivity index (χ2v) is 6.13. The number of rotatable bonds is 3. The highest BCUT2D eigenvalue weighted by atomic mass is 19.3. The van der Waals surface area contributed by atoms with E-state index in [1.165, 1.54) is 19.1 Å². The number of aromatic nitrogens is 2. The van der Waals surface area contributed by atoms with Gasteiger partial charge in [-0.3, -0.25) is 14.2 Å². The first-order chi connectivity index (χ1) is 12.3. The van der Waals surface area contributed by atoms with E-state index >= 15 is 0 Å². The number of allylic oxidation sites excluding steroid dienone is 2. The third kappa shape index (κ3) is 2.82. The first-order valence-electron chi connectivity index (χ1n) is 7.90. The molecule has 8 heteroatoms. The molecular formula is C18H16F2N2O4. The van der Waals surface area contributed by atoms with Gasteiger partial charge in [0.05, 0.1) is 18.6 Å². The highest BCUT2D eigenvalue weighted by Gasteiger charge is 2.46. The van der Waals surface area contributed by atoms with Crippen LogP contribution in [0.3, 0.4) is 0 Å². The molecular weight excluding hydrogens is 346 g/mol. The number of hydrogen-bond donors (Lipinski definition) is 1. The maximum absolute atomic E-state index is 13.9. The van der Waals surface area contributed by atoms with Crippen LogP contribution in [-0.4, -0.2) is 32.7 Å². The van der Waals surface area contributed by atoms with E-state index in [1.807, 2.05) is 0 Å². The average Bonchev–Trinajstić information content (AvgIpc) is 2.93. The van der Waals surface area contributed by atoms with Crippen LogP contribution in [0.1, 0.15) is 22.0 Å². The van der Waals surface area contributed by atoms with Crippen molar-refractivity contribution in [3.63, 3.8) is 0 Å². The molecule has 2 aromatic rings. The minimum atomic E-state index is -3.29. The lowest BCUT2D eigenvalue weighted by Crippen LogP contribution is -2.47. The molecule has 1 heterocycles. The molecule has 1 aliphatic rings. The van der Waals surface area contributed by atoms with Crippen molar-refractivity contribution in [1.82, 2.24) is 9.13 Å². The Kier molecular flexibility index (Phi) is 4.45. The van der Waals surface area contributed by atoms with Gasteiger partial charge in [0.15, 0.2) is 0 Å². The van der Waals surface area contributed by atoms with Gasteiger partial charge in [-0.2, -0.15) is 4.57 Å². The molecule has 0 spiro atoms. The Morgan fingerprint density at radius 2 is 1.88 bits per heavy atom. The van der Waals surface area contributed by atoms with Crippen molar-refractivity contribution in [2.24, 2.45) is 5.92 Å². The topological polar surface area (TPSA) is 81.3 Å². The summed E-state index contributed by atoms with van der Waals surface area (Å²) in [6, 6.07) is 6.55. The Morgan fingerprint density at radius 3 is 2.50 bits per heavy atom. The summed E-state index contributed by atoms with van der Waals surface area (Å²) in [6.45, 7) is 0.528. The molecule has 1 aromatic heterocycles. The van der Waals surface area contributed by atoms with Gasteiger partial charge >= 0.3 is 5.69 Å². The van der Waals surface area contributed by atoms with E-state index in [2.05, 4.69) is 0 Å². The molecule has 0 fully saturated rings. The lowest BCUT2D eigenvalue weighted by atomic mass is 10.0. The van der Waals surface area contributed by atoms with Crippen LogP contribution in [0.4, 0.5) is 8.78 Å². The summed E-state index contributed by atoms with van der Waals surface area (Å²) in [5.41, 5.74) is -1.67. The van der Waals surface area contributed by atoms with Crippen molar-refractivity contribution in [3.8, 4) is 0 Å². The monoisotopic (exact) mass is 362 g/mol. The quantitative estimate of drug-likeness (QED) is 0.836. The van der Waals surface area contributed by atoms with E-state index in [4.69, 9.17) is 0 Å². The fraction of sp³-hybridized carbons (Fsp3) is 0.278. The van der Waals surface area contributed by atoms with Crippen LogP contribution in [0.5, 0.6) is 0 Å². The smallest absolute Gasteiger partial charge is 0.338 e. The van der Waals surface area contributed by atoms with Crippen LogP contribution in [0.2, 0.25) is 0 Å². The first-order valence-corrected chi connectivity index (χ1v) is 7.90. The van der Waals surface area contributed by atoms with Gasteiger partial charge in [0, 0.05) is 17.3 Å². The summed E-state index contributed by atoms with van der Waals surface area (Å²) >= 11 is 0. The lowest BCUT2D eigenvalue weighted by molar-refractivity contribution is -0.0353. The molecule has 1 aliphatic carbocycles. The zero-order valence-corrected chi connectivity index (χ0v) is 13.8. The second kappa shape index (κ2) is 6.45. The van der Waals surface area contributed by atoms with Crippen LogP contribution >= 0.6 is 0 Å². The molecule has 0 amide bonds. The minimum absolute atomic E-state index is 0.0502. The Hall–Kier alpha value is -2.87. The lowest BCUT2D eigenvalue weighted by Gasteiger charge is -2.24. The molecule has 1 aromatic carbocycles. The largest absolute Gasteiger partial charge is 0.396 e. The summed E-state index contributed by atoms with van der Waals surface area (Å²) in [4.78, 5) is 37.7. The summed E-state index contributed by atoms with van der Waals surface area (Å²) in [6.07, 6.45) is 2.86. The van der Waals surface area contributed by atoms with Gasteiger partial charge < -0.3 is 5.11 Å². The number of benzene rings is 1. The highest BCUT2D eigenvalue weighted by molar-refractivity contribution is 5.95. The fourth-order valence-corrected chi connectivity index (χ4v) is 3.03. The van der Waals surface area contributed by atoms with E-state index in [1.54, 1.807) is 18.2 Å². The number of aliphatic hydroxyl groups is 1. The summed E-state index contributed by atoms with van der Waals surface area (Å²) in [5, 5.41) is 9.33. The number of carbonyl (C=O) groups excluding carboxylic acids is 1. The van der Waals surface area contributed by atoms with Crippen LogP contribution in [0.25, 0.3) is 0 Å². The highest BCUT2D eigenvalue weighted by Crippen LogP contribution is 2.40. The molecule has 1 N–H and O–H groups in total. The molecule has 0 unspecified atom stereocenters. The van der Waals surface area contributed by atoms with Gasteiger partial charge in [-0.1, -0.05) is 24.3 Å². The average molecular weight is 362 g/mol. The predicted molar refractivity (Wildman–Crippen MR) is 89.6 cm³/mol. The molecule has 136 valence electrons. The Balaban J connectivity index is 2.18. The Morgan fingerprint density at radius 1 is 1.23 bits per heavy atom. The van der Waals surface area contributed by atoms with E-state index in [-0.39, 0.29) is 11.1 Å². The van der Waals surface area contributed by atoms with Gasteiger partial charge in [-0.15, -0.1) is 0 Å². The van der Waals surface area contributed by atoms with Crippen LogP contribution in [-0.2, 0) is 0 Å². The van der Waals surface area contributed by atoms with Gasteiger partial charge in [0.2, 0.25) is 0 Å². The summed E-state index contributed by atoms with van der Waals surface area (Å²) < 4.78 is 29.1. The standard InChI is InChI=1S/C18H16F2N2O4/c1-11-9-21(14-7-8-18(19,20)13(14)10-23)17(26)22(15(11)24)16(25)12-5-3-2-4-6-12/h2-9,13-14,23H,10H2,1H3/t13-,14-/m0/s1. The molecule has 0 radical (unpaired) electrons. The number of halogens is 2. The minimum Gasteiger partial charge on any atom is -0.396 e. The van der Waals surface area contributed by atoms with Crippen molar-refractivity contribution < 1.29 is 18.7 Å². The number of alkyl halides is 2. The SMILES string of the molecule is Cc1cn([C@H]2C=CC(F)(F)[C@H]2CO)c(=O)n(C(=O)c2ccccc2)c1=O. The Bertz CT molecular complexity index is 992. The number of nitrogens with zero attached hydrogens (tertiary/aromatic N) is 2. The maximum atomic E-state index is 13.9. The molecule has 26 heavy (non-hydrogen) atoms. The number of carbonyl (C=O) groups is 1. The maximum Gasteiger partial charge on any atom is 0.338 e. The van der Waals surface area contributed by atoms with E-state index in [9.17, 15) is 28.3 Å². The molecule has 0 bridgehead atoms. The molecule has 0 saturated carbocycles. The predicted octanol–water partition coefficient (Wildman–Crippen LogP) is 1.36. The molecule has 6 nitrogen and oxygen atoms in total. The van der Waals surface area contributed by atoms with Crippen molar-refractivity contribution in [3.05, 3.63) is 80.6 Å². The summed E-state index contributed by atoms with van der Waals surface area (Å²) in [5.74, 6) is -5.69. The molecule has 0 saturated heterocycles. The number of aryl methyl sites for hydroxylation is 1. The zero-order chi connectivity index (χ0) is 19.1. The van der Waals surface area contributed by atoms with Gasteiger partial charge in [-0.05, 0) is 25.1 Å². The van der Waals surface area contributed by atoms with Crippen molar-refractivity contribution in [2.45, 2.75) is 18.9 Å². The van der Waals surface area contributed by atoms with Crippen molar-refractivity contribution in [2.75, 3.05) is 6.61 Å². The van der Waals surface area contributed by atoms with Crippen molar-refractivity contribution >= 4 is 5.91 Å². The van der Waals surface area contributed by atoms with Crippen LogP contribution in [0, 0.1) is 12.8 Å². The molecule has 0 aliphatic heterocycles. The van der Waals surface area contributed by atoms with Crippen LogP contribution in [0.15, 0.2) is 58.3 Å². The van der Waals surface area contributed by atoms with Gasteiger partial charge in [0.25, 0.3) is 17.4 Å². The van der Waals surface area contributed by atoms with Gasteiger partial charge in [-0.25, -0.2) is 13.6 Å². The zero-order valence-electron chi connectivity index (χ0n) is 13.8. The van der Waals surface area contributed by atoms with Crippen molar-refractivity contribution in [1.29, 1.82) is 0 Å². The van der Waals surface area contributed by atoms with Gasteiger partial charge in [0.1, 0.15) is 0 Å². The third-order valence-corrected chi connectivity index (χ3v) is 4.45. The fourth-order valence-electron chi connectivity index (χ4n) is 3.03. The summed E-state index contributed by atoms with van der Waals surface area (Å²) in [7, 11) is 0. The third-order valence-electron chi connectivity index (χ3n) is 4.45. The number of hydrogen-bond acceptors (Lipinski definition) is 4. The normalized spacial score (nSPS) is 21.1.